The number of nitrogens with zero attached hydrogens (tertiary/aromatic N) is 1. The third kappa shape index (κ3) is 2.71. The molecule has 0 bridgehead atoms. The summed E-state index contributed by atoms with van der Waals surface area (Å²) in [4.78, 5) is 1.77. The molecule has 1 aliphatic rings. The van der Waals surface area contributed by atoms with Crippen molar-refractivity contribution in [1.29, 1.82) is 0 Å². The van der Waals surface area contributed by atoms with Gasteiger partial charge in [-0.05, 0) is 37.0 Å². The van der Waals surface area contributed by atoms with Gasteiger partial charge in [0.25, 0.3) is 0 Å². The molecule has 99 valence electrons. The number of halogens is 3. The maximum atomic E-state index is 13.0. The molecule has 18 heavy (non-hydrogen) atoms. The molecule has 0 aliphatic carbocycles. The maximum absolute atomic E-state index is 13.0. The SMILES string of the molecule is [CH2]C1CCN(c2ccc(N)cc2C(F)(F)F)CC1. The molecule has 0 aromatic heterocycles. The smallest absolute Gasteiger partial charge is 0.399 e. The quantitative estimate of drug-likeness (QED) is 0.782. The molecule has 2 nitrogen and oxygen atoms in total. The van der Waals surface area contributed by atoms with Gasteiger partial charge in [-0.15, -0.1) is 0 Å². The zero-order valence-electron chi connectivity index (χ0n) is 10.0. The molecule has 0 atom stereocenters. The van der Waals surface area contributed by atoms with Crippen LogP contribution in [-0.2, 0) is 6.18 Å². The zero-order chi connectivity index (χ0) is 13.3. The Kier molecular flexibility index (Phi) is 3.41. The van der Waals surface area contributed by atoms with Crippen LogP contribution in [0.3, 0.4) is 0 Å². The van der Waals surface area contributed by atoms with Gasteiger partial charge in [0.1, 0.15) is 0 Å². The predicted octanol–water partition coefficient (Wildman–Crippen LogP) is 3.34. The lowest BCUT2D eigenvalue weighted by atomic mass is 9.98. The van der Waals surface area contributed by atoms with Crippen LogP contribution in [0.1, 0.15) is 18.4 Å². The number of anilines is 2. The molecule has 1 saturated heterocycles. The number of hydrogen-bond donors (Lipinski definition) is 1. The van der Waals surface area contributed by atoms with Gasteiger partial charge >= 0.3 is 6.18 Å². The highest BCUT2D eigenvalue weighted by atomic mass is 19.4. The molecule has 0 amide bonds. The summed E-state index contributed by atoms with van der Waals surface area (Å²) >= 11 is 0. The van der Waals surface area contributed by atoms with E-state index < -0.39 is 11.7 Å². The van der Waals surface area contributed by atoms with E-state index in [9.17, 15) is 13.2 Å². The van der Waals surface area contributed by atoms with Crippen molar-refractivity contribution in [3.63, 3.8) is 0 Å². The van der Waals surface area contributed by atoms with Crippen molar-refractivity contribution < 1.29 is 13.2 Å². The Hall–Kier alpha value is -1.39. The highest BCUT2D eigenvalue weighted by Crippen LogP contribution is 2.38. The minimum absolute atomic E-state index is 0.137. The molecular formula is C13H16F3N2. The Labute approximate surface area is 105 Å². The number of rotatable bonds is 1. The van der Waals surface area contributed by atoms with Crippen LogP contribution in [-0.4, -0.2) is 13.1 Å². The molecule has 0 spiro atoms. The van der Waals surface area contributed by atoms with Gasteiger partial charge in [-0.25, -0.2) is 0 Å². The fourth-order valence-corrected chi connectivity index (χ4v) is 2.23. The summed E-state index contributed by atoms with van der Waals surface area (Å²) in [5.41, 5.74) is 5.16. The Balaban J connectivity index is 2.32. The van der Waals surface area contributed by atoms with E-state index in [1.807, 2.05) is 0 Å². The average molecular weight is 257 g/mol. The number of nitrogens with two attached hydrogens (primary N) is 1. The van der Waals surface area contributed by atoms with Gasteiger partial charge in [0.15, 0.2) is 0 Å². The lowest BCUT2D eigenvalue weighted by Gasteiger charge is -2.33. The van der Waals surface area contributed by atoms with Gasteiger partial charge in [0.2, 0.25) is 0 Å². The van der Waals surface area contributed by atoms with Crippen molar-refractivity contribution in [2.24, 2.45) is 5.92 Å². The summed E-state index contributed by atoms with van der Waals surface area (Å²) in [7, 11) is 0. The predicted molar refractivity (Wildman–Crippen MR) is 66.2 cm³/mol. The van der Waals surface area contributed by atoms with Gasteiger partial charge in [0.05, 0.1) is 5.56 Å². The first-order valence-electron chi connectivity index (χ1n) is 5.92. The molecule has 2 rings (SSSR count). The summed E-state index contributed by atoms with van der Waals surface area (Å²) < 4.78 is 38.9. The van der Waals surface area contributed by atoms with E-state index >= 15 is 0 Å². The Morgan fingerprint density at radius 2 is 1.83 bits per heavy atom. The zero-order valence-corrected chi connectivity index (χ0v) is 10.0. The molecule has 1 aromatic carbocycles. The second-order valence-electron chi connectivity index (χ2n) is 4.70. The largest absolute Gasteiger partial charge is 0.418 e. The van der Waals surface area contributed by atoms with Crippen molar-refractivity contribution in [3.05, 3.63) is 30.7 Å². The number of alkyl halides is 3. The second-order valence-corrected chi connectivity index (χ2v) is 4.70. The minimum Gasteiger partial charge on any atom is -0.399 e. The highest BCUT2D eigenvalue weighted by Gasteiger charge is 2.35. The lowest BCUT2D eigenvalue weighted by Crippen LogP contribution is -2.34. The van der Waals surface area contributed by atoms with E-state index in [-0.39, 0.29) is 11.4 Å². The van der Waals surface area contributed by atoms with Gasteiger partial charge < -0.3 is 10.6 Å². The number of hydrogen-bond acceptors (Lipinski definition) is 2. The van der Waals surface area contributed by atoms with Crippen molar-refractivity contribution in [2.45, 2.75) is 19.0 Å². The van der Waals surface area contributed by atoms with Crippen LogP contribution < -0.4 is 10.6 Å². The van der Waals surface area contributed by atoms with E-state index in [1.165, 1.54) is 12.1 Å². The molecule has 1 aliphatic heterocycles. The highest BCUT2D eigenvalue weighted by molar-refractivity contribution is 5.61. The van der Waals surface area contributed by atoms with E-state index in [0.717, 1.165) is 18.9 Å². The van der Waals surface area contributed by atoms with Crippen LogP contribution in [0.25, 0.3) is 0 Å². The Morgan fingerprint density at radius 3 is 2.39 bits per heavy atom. The van der Waals surface area contributed by atoms with Crippen LogP contribution >= 0.6 is 0 Å². The topological polar surface area (TPSA) is 29.3 Å². The van der Waals surface area contributed by atoms with Crippen LogP contribution in [0.4, 0.5) is 24.5 Å². The summed E-state index contributed by atoms with van der Waals surface area (Å²) in [6.07, 6.45) is -2.73. The van der Waals surface area contributed by atoms with Gasteiger partial charge in [-0.1, -0.05) is 6.92 Å². The van der Waals surface area contributed by atoms with Crippen LogP contribution in [0.5, 0.6) is 0 Å². The van der Waals surface area contributed by atoms with Gasteiger partial charge in [-0.2, -0.15) is 13.2 Å². The van der Waals surface area contributed by atoms with Crippen molar-refractivity contribution in [2.75, 3.05) is 23.7 Å². The Morgan fingerprint density at radius 1 is 1.22 bits per heavy atom. The molecule has 1 heterocycles. The summed E-state index contributed by atoms with van der Waals surface area (Å²) in [5.74, 6) is 0.337. The normalized spacial score (nSPS) is 18.1. The summed E-state index contributed by atoms with van der Waals surface area (Å²) in [5, 5.41) is 0. The minimum atomic E-state index is -4.37. The molecule has 1 radical (unpaired) electrons. The van der Waals surface area contributed by atoms with Crippen LogP contribution in [0.15, 0.2) is 18.2 Å². The first-order valence-corrected chi connectivity index (χ1v) is 5.92. The average Bonchev–Trinajstić information content (AvgIpc) is 2.29. The summed E-state index contributed by atoms with van der Waals surface area (Å²) in [6, 6.07) is 3.98. The fraction of sp³-hybridized carbons (Fsp3) is 0.462. The maximum Gasteiger partial charge on any atom is 0.418 e. The number of piperidine rings is 1. The number of nitrogen functional groups attached to an aromatic ring is 1. The van der Waals surface area contributed by atoms with Crippen molar-refractivity contribution >= 4 is 11.4 Å². The first kappa shape index (κ1) is 13.1. The van der Waals surface area contributed by atoms with Crippen LogP contribution in [0.2, 0.25) is 0 Å². The standard InChI is InChI=1S/C13H16F3N2/c1-9-4-6-18(7-5-9)12-3-2-10(17)8-11(12)13(14,15)16/h2-3,8-9H,1,4-7,17H2. The van der Waals surface area contributed by atoms with Crippen molar-refractivity contribution in [1.82, 2.24) is 0 Å². The third-order valence-corrected chi connectivity index (χ3v) is 3.28. The molecule has 0 saturated carbocycles. The molecular weight excluding hydrogens is 241 g/mol. The monoisotopic (exact) mass is 257 g/mol. The van der Waals surface area contributed by atoms with E-state index in [0.29, 0.717) is 19.0 Å². The molecule has 1 fully saturated rings. The fourth-order valence-electron chi connectivity index (χ4n) is 2.23. The lowest BCUT2D eigenvalue weighted by molar-refractivity contribution is -0.137. The Bertz CT molecular complexity index is 421. The van der Waals surface area contributed by atoms with Gasteiger partial charge in [0, 0.05) is 24.5 Å². The number of benzene rings is 1. The second kappa shape index (κ2) is 4.71. The van der Waals surface area contributed by atoms with E-state index in [1.54, 1.807) is 4.90 Å². The van der Waals surface area contributed by atoms with E-state index in [2.05, 4.69) is 6.92 Å². The molecule has 5 heteroatoms. The van der Waals surface area contributed by atoms with Gasteiger partial charge in [-0.3, -0.25) is 0 Å². The molecule has 0 unspecified atom stereocenters. The summed E-state index contributed by atoms with van der Waals surface area (Å²) in [6.45, 7) is 5.17. The third-order valence-electron chi connectivity index (χ3n) is 3.28. The van der Waals surface area contributed by atoms with E-state index in [4.69, 9.17) is 5.73 Å². The molecule has 1 aromatic rings. The molecule has 2 N–H and O–H groups in total. The van der Waals surface area contributed by atoms with Crippen molar-refractivity contribution in [3.8, 4) is 0 Å². The van der Waals surface area contributed by atoms with Crippen LogP contribution in [0, 0.1) is 12.8 Å². The first-order chi connectivity index (χ1) is 8.38.